The number of esters is 1. The van der Waals surface area contributed by atoms with Crippen LogP contribution in [0.2, 0.25) is 0 Å². The molecule has 0 saturated carbocycles. The summed E-state index contributed by atoms with van der Waals surface area (Å²) in [6.45, 7) is 2.64. The molecule has 0 unspecified atom stereocenters. The lowest BCUT2D eigenvalue weighted by Gasteiger charge is -2.12. The molecule has 1 aromatic heterocycles. The predicted octanol–water partition coefficient (Wildman–Crippen LogP) is 5.22. The molecule has 1 amide bonds. The van der Waals surface area contributed by atoms with Gasteiger partial charge in [0.05, 0.1) is 24.8 Å². The molecule has 3 rings (SSSR count). The van der Waals surface area contributed by atoms with Crippen LogP contribution in [0.5, 0.6) is 5.75 Å². The number of hydrogen-bond acceptors (Lipinski definition) is 5. The number of hydrogen-bond donors (Lipinski definition) is 1. The van der Waals surface area contributed by atoms with Crippen molar-refractivity contribution in [3.63, 3.8) is 0 Å². The second-order valence-electron chi connectivity index (χ2n) is 6.35. The summed E-state index contributed by atoms with van der Waals surface area (Å²) in [5, 5.41) is 3.46. The van der Waals surface area contributed by atoms with Gasteiger partial charge >= 0.3 is 5.97 Å². The molecular weight excluding hydrogens is 430 g/mol. The second-order valence-corrected chi connectivity index (χ2v) is 8.37. The summed E-state index contributed by atoms with van der Waals surface area (Å²) in [4.78, 5) is 26.4. The van der Waals surface area contributed by atoms with Gasteiger partial charge in [-0.3, -0.25) is 4.79 Å². The SMILES string of the molecule is CCCCOc1ccc(Br)cc1C(=O)Nc1sc2c(c1C(=O)OC)CCC2. The largest absolute Gasteiger partial charge is 0.493 e. The highest BCUT2D eigenvalue weighted by Gasteiger charge is 2.28. The Kier molecular flexibility index (Phi) is 6.55. The van der Waals surface area contributed by atoms with Crippen molar-refractivity contribution in [2.24, 2.45) is 0 Å². The van der Waals surface area contributed by atoms with E-state index in [2.05, 4.69) is 28.2 Å². The summed E-state index contributed by atoms with van der Waals surface area (Å²) in [5.74, 6) is -0.167. The number of amides is 1. The molecule has 7 heteroatoms. The number of unbranched alkanes of at least 4 members (excludes halogenated alkanes) is 1. The van der Waals surface area contributed by atoms with Crippen molar-refractivity contribution in [3.05, 3.63) is 44.2 Å². The van der Waals surface area contributed by atoms with Crippen LogP contribution in [0, 0.1) is 0 Å². The fourth-order valence-electron chi connectivity index (χ4n) is 3.11. The van der Waals surface area contributed by atoms with Crippen molar-refractivity contribution in [2.75, 3.05) is 19.0 Å². The zero-order valence-electron chi connectivity index (χ0n) is 15.4. The van der Waals surface area contributed by atoms with E-state index in [1.807, 2.05) is 6.07 Å². The lowest BCUT2D eigenvalue weighted by atomic mass is 10.1. The molecule has 0 aliphatic heterocycles. The summed E-state index contributed by atoms with van der Waals surface area (Å²) in [7, 11) is 1.36. The van der Waals surface area contributed by atoms with Gasteiger partial charge in [0, 0.05) is 9.35 Å². The molecule has 0 radical (unpaired) electrons. The maximum atomic E-state index is 13.0. The van der Waals surface area contributed by atoms with Crippen LogP contribution in [0.3, 0.4) is 0 Å². The molecule has 0 fully saturated rings. The van der Waals surface area contributed by atoms with Gasteiger partial charge in [-0.15, -0.1) is 11.3 Å². The summed E-state index contributed by atoms with van der Waals surface area (Å²) >= 11 is 4.87. The number of carbonyl (C=O) groups is 2. The lowest BCUT2D eigenvalue weighted by molar-refractivity contribution is 0.0601. The molecule has 1 aliphatic carbocycles. The molecule has 1 aromatic carbocycles. The predicted molar refractivity (Wildman–Crippen MR) is 110 cm³/mol. The van der Waals surface area contributed by atoms with Crippen LogP contribution in [-0.4, -0.2) is 25.6 Å². The number of benzene rings is 1. The van der Waals surface area contributed by atoms with Gasteiger partial charge in [0.2, 0.25) is 0 Å². The van der Waals surface area contributed by atoms with Crippen molar-refractivity contribution in [3.8, 4) is 5.75 Å². The first-order valence-corrected chi connectivity index (χ1v) is 10.6. The minimum Gasteiger partial charge on any atom is -0.493 e. The smallest absolute Gasteiger partial charge is 0.341 e. The van der Waals surface area contributed by atoms with Crippen molar-refractivity contribution < 1.29 is 19.1 Å². The van der Waals surface area contributed by atoms with Crippen molar-refractivity contribution in [2.45, 2.75) is 39.0 Å². The number of nitrogens with one attached hydrogen (secondary N) is 1. The number of fused-ring (bicyclic) bond motifs is 1. The molecule has 1 aliphatic rings. The van der Waals surface area contributed by atoms with E-state index in [1.165, 1.54) is 18.4 Å². The Bertz CT molecular complexity index is 862. The van der Waals surface area contributed by atoms with Gasteiger partial charge < -0.3 is 14.8 Å². The van der Waals surface area contributed by atoms with Gasteiger partial charge in [-0.1, -0.05) is 29.3 Å². The van der Waals surface area contributed by atoms with Gasteiger partial charge in [-0.2, -0.15) is 0 Å². The van der Waals surface area contributed by atoms with E-state index in [0.717, 1.165) is 47.0 Å². The minimum atomic E-state index is -0.404. The van der Waals surface area contributed by atoms with Crippen LogP contribution >= 0.6 is 27.3 Å². The molecular formula is C20H22BrNO4S. The Morgan fingerprint density at radius 2 is 2.11 bits per heavy atom. The van der Waals surface area contributed by atoms with Gasteiger partial charge in [0.25, 0.3) is 5.91 Å². The molecule has 1 N–H and O–H groups in total. The van der Waals surface area contributed by atoms with Crippen LogP contribution in [0.4, 0.5) is 5.00 Å². The van der Waals surface area contributed by atoms with Gasteiger partial charge in [0.1, 0.15) is 10.8 Å². The quantitative estimate of drug-likeness (QED) is 0.462. The molecule has 2 aromatic rings. The first-order valence-electron chi connectivity index (χ1n) is 9.01. The van der Waals surface area contributed by atoms with Gasteiger partial charge in [-0.25, -0.2) is 4.79 Å². The summed E-state index contributed by atoms with van der Waals surface area (Å²) < 4.78 is 11.5. The fraction of sp³-hybridized carbons (Fsp3) is 0.400. The highest BCUT2D eigenvalue weighted by Crippen LogP contribution is 2.40. The van der Waals surface area contributed by atoms with E-state index in [0.29, 0.717) is 28.5 Å². The summed E-state index contributed by atoms with van der Waals surface area (Å²) in [6.07, 6.45) is 4.74. The average Bonchev–Trinajstić information content (AvgIpc) is 3.23. The van der Waals surface area contributed by atoms with Crippen molar-refractivity contribution in [1.82, 2.24) is 0 Å². The molecule has 0 saturated heterocycles. The Morgan fingerprint density at radius 3 is 2.85 bits per heavy atom. The zero-order valence-corrected chi connectivity index (χ0v) is 17.8. The fourth-order valence-corrected chi connectivity index (χ4v) is 4.75. The number of ether oxygens (including phenoxy) is 2. The Hall–Kier alpha value is -1.86. The minimum absolute atomic E-state index is 0.298. The molecule has 144 valence electrons. The van der Waals surface area contributed by atoms with Crippen LogP contribution in [0.15, 0.2) is 22.7 Å². The van der Waals surface area contributed by atoms with Crippen LogP contribution in [-0.2, 0) is 17.6 Å². The number of anilines is 1. The Labute approximate surface area is 171 Å². The highest BCUT2D eigenvalue weighted by molar-refractivity contribution is 9.10. The van der Waals surface area contributed by atoms with Crippen LogP contribution in [0.1, 0.15) is 57.3 Å². The van der Waals surface area contributed by atoms with Gasteiger partial charge in [0.15, 0.2) is 0 Å². The molecule has 1 heterocycles. The first-order chi connectivity index (χ1) is 13.0. The highest BCUT2D eigenvalue weighted by atomic mass is 79.9. The van der Waals surface area contributed by atoms with E-state index in [4.69, 9.17) is 9.47 Å². The first kappa shape index (κ1) is 19.9. The summed E-state index contributed by atoms with van der Waals surface area (Å²) in [6, 6.07) is 5.36. The Morgan fingerprint density at radius 1 is 1.30 bits per heavy atom. The number of halogens is 1. The zero-order chi connectivity index (χ0) is 19.4. The van der Waals surface area contributed by atoms with E-state index in [1.54, 1.807) is 12.1 Å². The maximum absolute atomic E-state index is 13.0. The van der Waals surface area contributed by atoms with Crippen molar-refractivity contribution >= 4 is 44.1 Å². The number of methoxy groups -OCH3 is 1. The van der Waals surface area contributed by atoms with Crippen molar-refractivity contribution in [1.29, 1.82) is 0 Å². The van der Waals surface area contributed by atoms with Crippen LogP contribution in [0.25, 0.3) is 0 Å². The molecule has 0 bridgehead atoms. The second kappa shape index (κ2) is 8.89. The third-order valence-corrected chi connectivity index (χ3v) is 6.18. The normalized spacial score (nSPS) is 12.6. The summed E-state index contributed by atoms with van der Waals surface area (Å²) in [5.41, 5.74) is 1.94. The topological polar surface area (TPSA) is 64.6 Å². The third kappa shape index (κ3) is 4.35. The van der Waals surface area contributed by atoms with E-state index in [-0.39, 0.29) is 5.91 Å². The molecule has 5 nitrogen and oxygen atoms in total. The van der Waals surface area contributed by atoms with E-state index < -0.39 is 5.97 Å². The molecule has 27 heavy (non-hydrogen) atoms. The monoisotopic (exact) mass is 451 g/mol. The number of carbonyl (C=O) groups excluding carboxylic acids is 2. The number of aryl methyl sites for hydroxylation is 1. The third-order valence-electron chi connectivity index (χ3n) is 4.48. The number of rotatable bonds is 7. The van der Waals surface area contributed by atoms with E-state index >= 15 is 0 Å². The Balaban J connectivity index is 1.88. The molecule has 0 spiro atoms. The standard InChI is InChI=1S/C20H22BrNO4S/c1-3-4-10-26-15-9-8-12(21)11-14(15)18(23)22-19-17(20(24)25-2)13-6-5-7-16(13)27-19/h8-9,11H,3-7,10H2,1-2H3,(H,22,23). The average molecular weight is 452 g/mol. The van der Waals surface area contributed by atoms with Gasteiger partial charge in [-0.05, 0) is 49.4 Å². The lowest BCUT2D eigenvalue weighted by Crippen LogP contribution is -2.16. The van der Waals surface area contributed by atoms with Crippen LogP contribution < -0.4 is 10.1 Å². The number of thiophene rings is 1. The maximum Gasteiger partial charge on any atom is 0.341 e. The van der Waals surface area contributed by atoms with E-state index in [9.17, 15) is 9.59 Å². The molecule has 0 atom stereocenters.